The van der Waals surface area contributed by atoms with E-state index in [4.69, 9.17) is 17.0 Å². The maximum absolute atomic E-state index is 5.84. The molecule has 1 N–H and O–H groups in total. The number of fused-ring (bicyclic) bond motifs is 1. The summed E-state index contributed by atoms with van der Waals surface area (Å²) in [7, 11) is 0. The highest BCUT2D eigenvalue weighted by Gasteiger charge is 2.35. The zero-order valence-electron chi connectivity index (χ0n) is 9.02. The highest BCUT2D eigenvalue weighted by molar-refractivity contribution is 7.73. The van der Waals surface area contributed by atoms with Gasteiger partial charge in [0.25, 0.3) is 0 Å². The van der Waals surface area contributed by atoms with Crippen LogP contribution in [0.15, 0.2) is 0 Å². The molecule has 16 heavy (non-hydrogen) atoms. The van der Waals surface area contributed by atoms with Crippen LogP contribution in [0, 0.1) is 3.95 Å². The lowest BCUT2D eigenvalue weighted by atomic mass is 9.90. The van der Waals surface area contributed by atoms with Gasteiger partial charge in [0.05, 0.1) is 18.8 Å². The van der Waals surface area contributed by atoms with Gasteiger partial charge >= 0.3 is 0 Å². The summed E-state index contributed by atoms with van der Waals surface area (Å²) in [6.07, 6.45) is 5.41. The van der Waals surface area contributed by atoms with E-state index in [9.17, 15) is 0 Å². The molecule has 2 atom stereocenters. The van der Waals surface area contributed by atoms with Crippen LogP contribution in [-0.2, 0) is 4.74 Å². The number of aromatic nitrogens is 2. The first-order valence-corrected chi connectivity index (χ1v) is 7.01. The van der Waals surface area contributed by atoms with E-state index >= 15 is 0 Å². The van der Waals surface area contributed by atoms with Gasteiger partial charge in [-0.3, -0.25) is 5.10 Å². The van der Waals surface area contributed by atoms with Crippen LogP contribution in [0.25, 0.3) is 0 Å². The van der Waals surface area contributed by atoms with Crippen LogP contribution in [0.4, 0.5) is 5.13 Å². The van der Waals surface area contributed by atoms with Gasteiger partial charge in [-0.25, -0.2) is 0 Å². The van der Waals surface area contributed by atoms with Gasteiger partial charge in [-0.2, -0.15) is 0 Å². The van der Waals surface area contributed by atoms with Gasteiger partial charge in [0.1, 0.15) is 0 Å². The fourth-order valence-electron chi connectivity index (χ4n) is 2.68. The molecule has 1 saturated heterocycles. The molecule has 0 bridgehead atoms. The quantitative estimate of drug-likeness (QED) is 0.784. The molecule has 0 aromatic carbocycles. The minimum Gasteiger partial charge on any atom is -0.374 e. The third-order valence-corrected chi connectivity index (χ3v) is 4.53. The van der Waals surface area contributed by atoms with Gasteiger partial charge in [0, 0.05) is 6.54 Å². The topological polar surface area (TPSA) is 41.2 Å². The smallest absolute Gasteiger partial charge is 0.207 e. The molecule has 2 unspecified atom stereocenters. The molecule has 2 aliphatic rings. The number of morpholine rings is 1. The Hall–Kier alpha value is -0.460. The van der Waals surface area contributed by atoms with Crippen LogP contribution in [0.5, 0.6) is 0 Å². The second-order valence-electron chi connectivity index (χ2n) is 4.35. The molecule has 1 aliphatic heterocycles. The molecule has 2 heterocycles. The van der Waals surface area contributed by atoms with Crippen molar-refractivity contribution < 1.29 is 4.74 Å². The number of hydrogen-bond acceptors (Lipinski definition) is 5. The number of H-pyrrole nitrogens is 1. The van der Waals surface area contributed by atoms with Crippen molar-refractivity contribution in [2.24, 2.45) is 0 Å². The van der Waals surface area contributed by atoms with Crippen LogP contribution in [0.3, 0.4) is 0 Å². The maximum atomic E-state index is 5.84. The first-order valence-electron chi connectivity index (χ1n) is 5.78. The first kappa shape index (κ1) is 10.7. The Morgan fingerprint density at radius 1 is 1.44 bits per heavy atom. The van der Waals surface area contributed by atoms with Gasteiger partial charge in [-0.1, -0.05) is 24.2 Å². The summed E-state index contributed by atoms with van der Waals surface area (Å²) in [6.45, 7) is 1.75. The molecule has 88 valence electrons. The van der Waals surface area contributed by atoms with Gasteiger partial charge in [-0.05, 0) is 25.1 Å². The Bertz CT molecular complexity index is 414. The molecule has 0 amide bonds. The molecule has 4 nitrogen and oxygen atoms in total. The fourth-order valence-corrected chi connectivity index (χ4v) is 3.64. The Kier molecular flexibility index (Phi) is 2.95. The van der Waals surface area contributed by atoms with Crippen molar-refractivity contribution >= 4 is 28.7 Å². The average Bonchev–Trinajstić information content (AvgIpc) is 2.75. The van der Waals surface area contributed by atoms with Crippen molar-refractivity contribution in [2.75, 3.05) is 18.1 Å². The number of ether oxygens (including phenoxy) is 1. The van der Waals surface area contributed by atoms with E-state index in [0.717, 1.165) is 22.2 Å². The minimum atomic E-state index is 0.403. The fraction of sp³-hybridized carbons (Fsp3) is 0.800. The Morgan fingerprint density at radius 3 is 3.12 bits per heavy atom. The number of nitrogens with one attached hydrogen (secondary N) is 1. The third kappa shape index (κ3) is 1.89. The van der Waals surface area contributed by atoms with Gasteiger partial charge in [0.15, 0.2) is 3.95 Å². The van der Waals surface area contributed by atoms with Crippen molar-refractivity contribution in [3.63, 3.8) is 0 Å². The Labute approximate surface area is 104 Å². The SMILES string of the molecule is S=c1[nH]nc(N2CCOC3CCCCC32)s1. The summed E-state index contributed by atoms with van der Waals surface area (Å²) in [5.41, 5.74) is 0. The molecule has 1 saturated carbocycles. The van der Waals surface area contributed by atoms with Crippen molar-refractivity contribution in [3.05, 3.63) is 3.95 Å². The molecule has 0 radical (unpaired) electrons. The number of rotatable bonds is 1. The lowest BCUT2D eigenvalue weighted by Gasteiger charge is -2.43. The molecule has 1 aromatic rings. The monoisotopic (exact) mass is 257 g/mol. The van der Waals surface area contributed by atoms with Crippen molar-refractivity contribution in [1.82, 2.24) is 10.2 Å². The zero-order valence-corrected chi connectivity index (χ0v) is 10.6. The van der Waals surface area contributed by atoms with Crippen LogP contribution < -0.4 is 4.90 Å². The van der Waals surface area contributed by atoms with Crippen LogP contribution in [0.2, 0.25) is 0 Å². The standard InChI is InChI=1S/C10H15N3OS2/c15-10-12-11-9(16-10)13-5-6-14-8-4-2-1-3-7(8)13/h7-8H,1-6H2,(H,12,15). The normalized spacial score (nSPS) is 30.1. The summed E-state index contributed by atoms with van der Waals surface area (Å²) in [5.74, 6) is 0. The highest BCUT2D eigenvalue weighted by Crippen LogP contribution is 2.32. The van der Waals surface area contributed by atoms with Crippen molar-refractivity contribution in [3.8, 4) is 0 Å². The van der Waals surface area contributed by atoms with E-state index in [1.807, 2.05) is 0 Å². The lowest BCUT2D eigenvalue weighted by molar-refractivity contribution is -0.00873. The number of nitrogens with zero attached hydrogens (tertiary/aromatic N) is 2. The molecule has 6 heteroatoms. The molecule has 1 aliphatic carbocycles. The number of aromatic amines is 1. The largest absolute Gasteiger partial charge is 0.374 e. The maximum Gasteiger partial charge on any atom is 0.207 e. The summed E-state index contributed by atoms with van der Waals surface area (Å²) in [4.78, 5) is 2.38. The summed E-state index contributed by atoms with van der Waals surface area (Å²) >= 11 is 6.66. The Morgan fingerprint density at radius 2 is 2.31 bits per heavy atom. The summed E-state index contributed by atoms with van der Waals surface area (Å²) in [6, 6.07) is 0.511. The van der Waals surface area contributed by atoms with E-state index < -0.39 is 0 Å². The second-order valence-corrected chi connectivity index (χ2v) is 5.99. The highest BCUT2D eigenvalue weighted by atomic mass is 32.1. The van der Waals surface area contributed by atoms with Gasteiger partial charge in [-0.15, -0.1) is 5.10 Å². The van der Waals surface area contributed by atoms with Crippen molar-refractivity contribution in [1.29, 1.82) is 0 Å². The Balaban J connectivity index is 1.85. The third-order valence-electron chi connectivity index (χ3n) is 3.40. The van der Waals surface area contributed by atoms with Crippen LogP contribution in [-0.4, -0.2) is 35.5 Å². The van der Waals surface area contributed by atoms with Crippen LogP contribution in [0.1, 0.15) is 25.7 Å². The lowest BCUT2D eigenvalue weighted by Crippen LogP contribution is -2.52. The molecule has 1 aromatic heterocycles. The van der Waals surface area contributed by atoms with E-state index in [1.165, 1.54) is 25.7 Å². The molecule has 2 fully saturated rings. The molecular weight excluding hydrogens is 242 g/mol. The molecular formula is C10H15N3OS2. The first-order chi connectivity index (χ1) is 7.84. The van der Waals surface area contributed by atoms with E-state index in [-0.39, 0.29) is 0 Å². The predicted octanol–water partition coefficient (Wildman–Crippen LogP) is 2.35. The second kappa shape index (κ2) is 4.43. The van der Waals surface area contributed by atoms with E-state index in [2.05, 4.69) is 15.1 Å². The van der Waals surface area contributed by atoms with E-state index in [0.29, 0.717) is 12.1 Å². The number of hydrogen-bond donors (Lipinski definition) is 1. The zero-order chi connectivity index (χ0) is 11.0. The average molecular weight is 257 g/mol. The van der Waals surface area contributed by atoms with Gasteiger partial charge in [0.2, 0.25) is 5.13 Å². The molecule has 3 rings (SSSR count). The minimum absolute atomic E-state index is 0.403. The number of anilines is 1. The molecule has 0 spiro atoms. The van der Waals surface area contributed by atoms with E-state index in [1.54, 1.807) is 11.3 Å². The van der Waals surface area contributed by atoms with Crippen LogP contribution >= 0.6 is 23.6 Å². The predicted molar refractivity (Wildman–Crippen MR) is 66.6 cm³/mol. The van der Waals surface area contributed by atoms with Crippen molar-refractivity contribution in [2.45, 2.75) is 37.8 Å². The summed E-state index contributed by atoms with van der Waals surface area (Å²) in [5, 5.41) is 8.19. The summed E-state index contributed by atoms with van der Waals surface area (Å²) < 4.78 is 6.60. The van der Waals surface area contributed by atoms with Gasteiger partial charge < -0.3 is 9.64 Å².